The van der Waals surface area contributed by atoms with Crippen molar-refractivity contribution in [1.82, 2.24) is 9.55 Å². The molecule has 1 heterocycles. The summed E-state index contributed by atoms with van der Waals surface area (Å²) in [5.41, 5.74) is 7.73. The molecule has 0 fully saturated rings. The number of sulfone groups is 1. The Bertz CT molecular complexity index is 931. The van der Waals surface area contributed by atoms with Gasteiger partial charge in [0, 0.05) is 17.0 Å². The molecule has 0 spiro atoms. The molecule has 0 aliphatic heterocycles. The summed E-state index contributed by atoms with van der Waals surface area (Å²) >= 11 is 5.88. The number of para-hydroxylation sites is 1. The number of fused-ring (bicyclic) bond motifs is 1. The van der Waals surface area contributed by atoms with Gasteiger partial charge in [0.05, 0.1) is 10.4 Å². The molecule has 0 unspecified atom stereocenters. The smallest absolute Gasteiger partial charge is 0.205 e. The maximum atomic E-state index is 11.8. The lowest BCUT2D eigenvalue weighted by Gasteiger charge is -2.06. The first-order valence-corrected chi connectivity index (χ1v) is 8.38. The largest absolute Gasteiger partial charge is 0.369 e. The maximum absolute atomic E-state index is 11.8. The number of rotatable bonds is 2. The number of hydrogen-bond donors (Lipinski definition) is 1. The van der Waals surface area contributed by atoms with Crippen LogP contribution >= 0.6 is 11.6 Å². The van der Waals surface area contributed by atoms with Gasteiger partial charge in [-0.15, -0.1) is 0 Å². The van der Waals surface area contributed by atoms with Gasteiger partial charge in [0.2, 0.25) is 5.95 Å². The minimum Gasteiger partial charge on any atom is -0.369 e. The summed E-state index contributed by atoms with van der Waals surface area (Å²) < 4.78 is 25.4. The Hall–Kier alpha value is -2.05. The predicted molar refractivity (Wildman–Crippen MR) is 83.6 cm³/mol. The highest BCUT2D eigenvalue weighted by Crippen LogP contribution is 2.28. The molecule has 108 valence electrons. The molecule has 3 rings (SSSR count). The van der Waals surface area contributed by atoms with Crippen LogP contribution in [0, 0.1) is 0 Å². The summed E-state index contributed by atoms with van der Waals surface area (Å²) in [6.45, 7) is 0. The summed E-state index contributed by atoms with van der Waals surface area (Å²) in [6, 6.07) is 12.1. The summed E-state index contributed by atoms with van der Waals surface area (Å²) in [5, 5.41) is 0.610. The quantitative estimate of drug-likeness (QED) is 0.787. The van der Waals surface area contributed by atoms with Crippen molar-refractivity contribution in [1.29, 1.82) is 0 Å². The molecule has 21 heavy (non-hydrogen) atoms. The highest BCUT2D eigenvalue weighted by molar-refractivity contribution is 7.91. The molecule has 0 radical (unpaired) electrons. The van der Waals surface area contributed by atoms with Gasteiger partial charge >= 0.3 is 0 Å². The van der Waals surface area contributed by atoms with Crippen molar-refractivity contribution in [2.45, 2.75) is 4.90 Å². The van der Waals surface area contributed by atoms with Crippen molar-refractivity contribution in [2.75, 3.05) is 12.0 Å². The van der Waals surface area contributed by atoms with Gasteiger partial charge in [-0.25, -0.2) is 13.4 Å². The van der Waals surface area contributed by atoms with Crippen LogP contribution in [0.25, 0.3) is 16.7 Å². The van der Waals surface area contributed by atoms with E-state index >= 15 is 0 Å². The van der Waals surface area contributed by atoms with Crippen molar-refractivity contribution in [3.63, 3.8) is 0 Å². The fraction of sp³-hybridized carbons (Fsp3) is 0.0714. The van der Waals surface area contributed by atoms with Crippen LogP contribution in [0.15, 0.2) is 47.4 Å². The zero-order chi connectivity index (χ0) is 15.2. The van der Waals surface area contributed by atoms with Crippen LogP contribution < -0.4 is 5.73 Å². The molecule has 0 saturated heterocycles. The Balaban J connectivity index is 2.35. The molecule has 0 aliphatic rings. The summed E-state index contributed by atoms with van der Waals surface area (Å²) in [4.78, 5) is 4.37. The van der Waals surface area contributed by atoms with Crippen molar-refractivity contribution < 1.29 is 8.42 Å². The lowest BCUT2D eigenvalue weighted by Crippen LogP contribution is -2.00. The molecule has 5 nitrogen and oxygen atoms in total. The molecule has 2 N–H and O–H groups in total. The Morgan fingerprint density at radius 2 is 1.81 bits per heavy atom. The number of aromatic nitrogens is 2. The van der Waals surface area contributed by atoms with Crippen LogP contribution in [0.1, 0.15) is 0 Å². The van der Waals surface area contributed by atoms with Gasteiger partial charge in [-0.2, -0.15) is 0 Å². The minimum absolute atomic E-state index is 0.166. The molecule has 0 saturated carbocycles. The minimum atomic E-state index is -3.37. The van der Waals surface area contributed by atoms with Gasteiger partial charge in [0.1, 0.15) is 5.52 Å². The summed E-state index contributed by atoms with van der Waals surface area (Å²) in [7, 11) is -3.37. The third kappa shape index (κ3) is 2.36. The monoisotopic (exact) mass is 321 g/mol. The third-order valence-corrected chi connectivity index (χ3v) is 4.54. The summed E-state index contributed by atoms with van der Waals surface area (Å²) in [6.07, 6.45) is 1.15. The molecular weight excluding hydrogens is 310 g/mol. The highest BCUT2D eigenvalue weighted by Gasteiger charge is 2.18. The number of nitrogens with zero attached hydrogens (tertiary/aromatic N) is 2. The van der Waals surface area contributed by atoms with Crippen molar-refractivity contribution in [3.05, 3.63) is 47.5 Å². The average Bonchev–Trinajstić information content (AvgIpc) is 2.74. The van der Waals surface area contributed by atoms with Crippen molar-refractivity contribution in [3.8, 4) is 5.69 Å². The van der Waals surface area contributed by atoms with E-state index in [0.29, 0.717) is 16.1 Å². The molecule has 2 aromatic carbocycles. The molecule has 0 bridgehead atoms. The van der Waals surface area contributed by atoms with E-state index < -0.39 is 9.84 Å². The van der Waals surface area contributed by atoms with E-state index in [2.05, 4.69) is 4.98 Å². The lowest BCUT2D eigenvalue weighted by atomic mass is 10.3. The highest BCUT2D eigenvalue weighted by atomic mass is 35.5. The molecular formula is C14H12ClN3O2S. The fourth-order valence-corrected chi connectivity index (χ4v) is 3.21. The predicted octanol–water partition coefficient (Wildman–Crippen LogP) is 2.66. The first-order valence-electron chi connectivity index (χ1n) is 6.11. The molecule has 7 heteroatoms. The topological polar surface area (TPSA) is 78.0 Å². The van der Waals surface area contributed by atoms with Gasteiger partial charge in [-0.3, -0.25) is 4.57 Å². The zero-order valence-electron chi connectivity index (χ0n) is 11.1. The second-order valence-corrected chi connectivity index (χ2v) is 7.10. The van der Waals surface area contributed by atoms with E-state index in [-0.39, 0.29) is 10.8 Å². The molecule has 0 atom stereocenters. The summed E-state index contributed by atoms with van der Waals surface area (Å²) in [5.74, 6) is 0.225. The second kappa shape index (κ2) is 4.75. The Morgan fingerprint density at radius 3 is 2.43 bits per heavy atom. The fourth-order valence-electron chi connectivity index (χ4n) is 2.25. The van der Waals surface area contributed by atoms with Gasteiger partial charge in [-0.1, -0.05) is 17.7 Å². The Labute approximate surface area is 126 Å². The van der Waals surface area contributed by atoms with E-state index in [1.54, 1.807) is 41.0 Å². The second-order valence-electron chi connectivity index (χ2n) is 4.68. The normalized spacial score (nSPS) is 11.9. The van der Waals surface area contributed by atoms with Gasteiger partial charge in [-0.05, 0) is 36.4 Å². The number of hydrogen-bond acceptors (Lipinski definition) is 4. The molecule has 0 amide bonds. The van der Waals surface area contributed by atoms with Crippen LogP contribution in [0.4, 0.5) is 5.95 Å². The third-order valence-electron chi connectivity index (χ3n) is 3.16. The molecule has 3 aromatic rings. The number of benzene rings is 2. The van der Waals surface area contributed by atoms with E-state index in [9.17, 15) is 8.42 Å². The van der Waals surface area contributed by atoms with Crippen LogP contribution in [0.5, 0.6) is 0 Å². The SMILES string of the molecule is CS(=O)(=O)c1cccc2c1nc(N)n2-c1ccc(Cl)cc1. The standard InChI is InChI=1S/C14H12ClN3O2S/c1-21(19,20)12-4-2-3-11-13(12)17-14(16)18(11)10-7-5-9(15)6-8-10/h2-8H,1H3,(H2,16,17). The molecule has 1 aromatic heterocycles. The van der Waals surface area contributed by atoms with Crippen LogP contribution in [0.3, 0.4) is 0 Å². The van der Waals surface area contributed by atoms with Gasteiger partial charge in [0.25, 0.3) is 0 Å². The average molecular weight is 322 g/mol. The number of anilines is 1. The number of nitrogen functional groups attached to an aromatic ring is 1. The van der Waals surface area contributed by atoms with Crippen LogP contribution in [-0.4, -0.2) is 24.2 Å². The number of nitrogens with two attached hydrogens (primary N) is 1. The van der Waals surface area contributed by atoms with Crippen LogP contribution in [-0.2, 0) is 9.84 Å². The number of imidazole rings is 1. The Kier molecular flexibility index (Phi) is 3.15. The number of halogens is 1. The maximum Gasteiger partial charge on any atom is 0.205 e. The van der Waals surface area contributed by atoms with Crippen molar-refractivity contribution in [2.24, 2.45) is 0 Å². The van der Waals surface area contributed by atoms with E-state index in [1.165, 1.54) is 6.07 Å². The first kappa shape index (κ1) is 13.9. The van der Waals surface area contributed by atoms with Crippen LogP contribution in [0.2, 0.25) is 5.02 Å². The first-order chi connectivity index (χ1) is 9.88. The zero-order valence-corrected chi connectivity index (χ0v) is 12.7. The Morgan fingerprint density at radius 1 is 1.14 bits per heavy atom. The molecule has 0 aliphatic carbocycles. The van der Waals surface area contributed by atoms with Gasteiger partial charge in [0.15, 0.2) is 9.84 Å². The van der Waals surface area contributed by atoms with E-state index in [0.717, 1.165) is 11.9 Å². The van der Waals surface area contributed by atoms with Crippen molar-refractivity contribution >= 4 is 38.4 Å². The van der Waals surface area contributed by atoms with E-state index in [1.807, 2.05) is 0 Å². The van der Waals surface area contributed by atoms with E-state index in [4.69, 9.17) is 17.3 Å². The lowest BCUT2D eigenvalue weighted by molar-refractivity contribution is 0.602. The van der Waals surface area contributed by atoms with Gasteiger partial charge < -0.3 is 5.73 Å².